The van der Waals surface area contributed by atoms with Crippen LogP contribution in [0.3, 0.4) is 0 Å². The lowest BCUT2D eigenvalue weighted by atomic mass is 9.63. The van der Waals surface area contributed by atoms with E-state index in [1.165, 1.54) is 0 Å². The van der Waals surface area contributed by atoms with E-state index in [2.05, 4.69) is 29.5 Å². The predicted octanol–water partition coefficient (Wildman–Crippen LogP) is 2.87. The third-order valence-electron chi connectivity index (χ3n) is 5.62. The second-order valence-electron chi connectivity index (χ2n) is 9.35. The Kier molecular flexibility index (Phi) is 8.36. The molecule has 4 atom stereocenters. The number of amides is 2. The Balaban J connectivity index is 2.06. The van der Waals surface area contributed by atoms with Crippen LogP contribution in [0.5, 0.6) is 0 Å². The van der Waals surface area contributed by atoms with Crippen LogP contribution in [0.2, 0.25) is 0 Å². The topological polar surface area (TPSA) is 117 Å². The number of isocyanates is 1. The zero-order valence-electron chi connectivity index (χ0n) is 18.7. The molecule has 1 aliphatic rings. The van der Waals surface area contributed by atoms with Gasteiger partial charge in [-0.3, -0.25) is 0 Å². The van der Waals surface area contributed by atoms with E-state index in [-0.39, 0.29) is 23.5 Å². The number of aliphatic imine (C=N–C) groups is 1. The van der Waals surface area contributed by atoms with Crippen molar-refractivity contribution in [2.24, 2.45) is 15.8 Å². The van der Waals surface area contributed by atoms with Crippen molar-refractivity contribution < 1.29 is 24.2 Å². The molecule has 4 unspecified atom stereocenters. The average Bonchev–Trinajstić information content (AvgIpc) is 2.69. The van der Waals surface area contributed by atoms with Crippen LogP contribution in [-0.4, -0.2) is 48.4 Å². The number of nitrogens with one attached hydrogen (secondary N) is 2. The summed E-state index contributed by atoms with van der Waals surface area (Å²) >= 11 is 0. The highest BCUT2D eigenvalue weighted by Gasteiger charge is 2.41. The Morgan fingerprint density at radius 2 is 1.94 bits per heavy atom. The van der Waals surface area contributed by atoms with Gasteiger partial charge in [0.25, 0.3) is 0 Å². The molecule has 1 aromatic carbocycles. The van der Waals surface area contributed by atoms with E-state index in [0.717, 1.165) is 12.8 Å². The minimum absolute atomic E-state index is 0.0346. The van der Waals surface area contributed by atoms with E-state index in [1.807, 2.05) is 6.92 Å². The summed E-state index contributed by atoms with van der Waals surface area (Å²) in [6.45, 7) is 8.41. The van der Waals surface area contributed by atoms with Gasteiger partial charge in [0.2, 0.25) is 6.08 Å². The largest absolute Gasteiger partial charge is 0.464 e. The zero-order valence-corrected chi connectivity index (χ0v) is 18.7. The molecule has 0 bridgehead atoms. The van der Waals surface area contributed by atoms with Crippen LogP contribution in [0.1, 0.15) is 58.6 Å². The van der Waals surface area contributed by atoms with Crippen LogP contribution < -0.4 is 10.6 Å². The minimum Gasteiger partial charge on any atom is -0.464 e. The molecule has 170 valence electrons. The highest BCUT2D eigenvalue weighted by atomic mass is 16.5. The van der Waals surface area contributed by atoms with Crippen molar-refractivity contribution in [1.82, 2.24) is 10.6 Å². The molecule has 8 heteroatoms. The molecule has 1 aliphatic carbocycles. The summed E-state index contributed by atoms with van der Waals surface area (Å²) in [4.78, 5) is 39.7. The number of carbonyl (C=O) groups is 2. The van der Waals surface area contributed by atoms with Crippen molar-refractivity contribution in [3.8, 4) is 0 Å². The summed E-state index contributed by atoms with van der Waals surface area (Å²) in [5.74, 6) is -0.709. The second kappa shape index (κ2) is 10.6. The lowest BCUT2D eigenvalue weighted by Crippen LogP contribution is -2.52. The molecule has 1 saturated carbocycles. The number of carbonyl (C=O) groups excluding carboxylic acids is 3. The van der Waals surface area contributed by atoms with E-state index in [9.17, 15) is 19.5 Å². The molecule has 0 heterocycles. The molecule has 0 aliphatic heterocycles. The maximum absolute atomic E-state index is 12.6. The van der Waals surface area contributed by atoms with Gasteiger partial charge in [-0.1, -0.05) is 51.1 Å². The minimum atomic E-state index is -1.25. The lowest BCUT2D eigenvalue weighted by molar-refractivity contribution is -0.148. The fourth-order valence-corrected chi connectivity index (χ4v) is 4.71. The fraction of sp³-hybridized carbons (Fsp3) is 0.609. The van der Waals surface area contributed by atoms with E-state index in [4.69, 9.17) is 4.74 Å². The monoisotopic (exact) mass is 431 g/mol. The molecule has 1 fully saturated rings. The number of aliphatic hydroxyl groups is 1. The lowest BCUT2D eigenvalue weighted by Gasteiger charge is -2.45. The average molecular weight is 432 g/mol. The summed E-state index contributed by atoms with van der Waals surface area (Å²) in [6, 6.07) is 6.67. The van der Waals surface area contributed by atoms with Gasteiger partial charge in [-0.15, -0.1) is 0 Å². The summed E-state index contributed by atoms with van der Waals surface area (Å²) < 4.78 is 5.04. The molecule has 2 amide bonds. The van der Waals surface area contributed by atoms with Gasteiger partial charge in [0.15, 0.2) is 6.04 Å². The van der Waals surface area contributed by atoms with Gasteiger partial charge in [0.1, 0.15) is 6.10 Å². The van der Waals surface area contributed by atoms with Crippen molar-refractivity contribution in [2.75, 3.05) is 13.2 Å². The molecular weight excluding hydrogens is 398 g/mol. The Morgan fingerprint density at radius 1 is 1.26 bits per heavy atom. The van der Waals surface area contributed by atoms with Crippen LogP contribution in [0.4, 0.5) is 4.79 Å². The van der Waals surface area contributed by atoms with E-state index < -0.39 is 24.1 Å². The predicted molar refractivity (Wildman–Crippen MR) is 116 cm³/mol. The SMILES string of the molecule is CCOC(=O)C(NC(=O)NCC1(C)CC(N=C=O)CC(C)(C)C1)C(O)c1ccccc1. The van der Waals surface area contributed by atoms with Crippen molar-refractivity contribution >= 4 is 18.1 Å². The van der Waals surface area contributed by atoms with E-state index in [1.54, 1.807) is 43.3 Å². The summed E-state index contributed by atoms with van der Waals surface area (Å²) in [6.07, 6.45) is 2.69. The number of urea groups is 1. The molecule has 8 nitrogen and oxygen atoms in total. The van der Waals surface area contributed by atoms with Crippen molar-refractivity contribution in [1.29, 1.82) is 0 Å². The molecule has 0 saturated heterocycles. The Morgan fingerprint density at radius 3 is 2.55 bits per heavy atom. The first-order chi connectivity index (χ1) is 14.6. The fourth-order valence-electron chi connectivity index (χ4n) is 4.71. The first kappa shape index (κ1) is 24.6. The number of benzene rings is 1. The summed E-state index contributed by atoms with van der Waals surface area (Å²) in [5, 5.41) is 16.0. The second-order valence-corrected chi connectivity index (χ2v) is 9.35. The normalized spacial score (nSPS) is 24.2. The van der Waals surface area contributed by atoms with E-state index >= 15 is 0 Å². The third kappa shape index (κ3) is 7.19. The number of esters is 1. The van der Waals surface area contributed by atoms with Gasteiger partial charge in [0, 0.05) is 6.54 Å². The van der Waals surface area contributed by atoms with Crippen LogP contribution >= 0.6 is 0 Å². The number of rotatable bonds is 8. The van der Waals surface area contributed by atoms with Crippen LogP contribution in [0.15, 0.2) is 35.3 Å². The van der Waals surface area contributed by atoms with Gasteiger partial charge in [-0.25, -0.2) is 19.4 Å². The Hall–Kier alpha value is -2.70. The standard InChI is InChI=1S/C23H33N3O5/c1-5-31-20(29)18(19(28)16-9-7-6-8-10-16)26-21(30)24-14-23(4)12-17(25-15-27)11-22(2,3)13-23/h6-10,17-19,28H,5,11-14H2,1-4H3,(H2,24,26,30). The van der Waals surface area contributed by atoms with Crippen LogP contribution in [0, 0.1) is 10.8 Å². The molecule has 2 rings (SSSR count). The van der Waals surface area contributed by atoms with Crippen molar-refractivity contribution in [2.45, 2.75) is 65.1 Å². The van der Waals surface area contributed by atoms with Gasteiger partial charge < -0.3 is 20.5 Å². The van der Waals surface area contributed by atoms with Crippen molar-refractivity contribution in [3.05, 3.63) is 35.9 Å². The number of hydrogen-bond acceptors (Lipinski definition) is 6. The van der Waals surface area contributed by atoms with Gasteiger partial charge in [-0.2, -0.15) is 0 Å². The molecule has 31 heavy (non-hydrogen) atoms. The Bertz CT molecular complexity index is 807. The molecule has 0 spiro atoms. The van der Waals surface area contributed by atoms with E-state index in [0.29, 0.717) is 18.5 Å². The highest BCUT2D eigenvalue weighted by Crippen LogP contribution is 2.46. The van der Waals surface area contributed by atoms with Crippen molar-refractivity contribution in [3.63, 3.8) is 0 Å². The number of ether oxygens (including phenoxy) is 1. The smallest absolute Gasteiger partial charge is 0.331 e. The summed E-state index contributed by atoms with van der Waals surface area (Å²) in [7, 11) is 0. The maximum atomic E-state index is 12.6. The number of hydrogen-bond donors (Lipinski definition) is 3. The first-order valence-electron chi connectivity index (χ1n) is 10.6. The number of aliphatic hydroxyl groups excluding tert-OH is 1. The zero-order chi connectivity index (χ0) is 23.1. The van der Waals surface area contributed by atoms with Crippen LogP contribution in [-0.2, 0) is 14.3 Å². The number of nitrogens with zero attached hydrogens (tertiary/aromatic N) is 1. The molecule has 3 N–H and O–H groups in total. The quantitative estimate of drug-likeness (QED) is 0.332. The van der Waals surface area contributed by atoms with Gasteiger partial charge in [-0.05, 0) is 42.6 Å². The molecule has 0 aromatic heterocycles. The van der Waals surface area contributed by atoms with Gasteiger partial charge in [0.05, 0.1) is 12.6 Å². The molecular formula is C23H33N3O5. The highest BCUT2D eigenvalue weighted by molar-refractivity contribution is 5.84. The molecule has 1 aromatic rings. The first-order valence-corrected chi connectivity index (χ1v) is 10.6. The summed E-state index contributed by atoms with van der Waals surface area (Å²) in [5.41, 5.74) is 0.186. The van der Waals surface area contributed by atoms with Gasteiger partial charge >= 0.3 is 12.0 Å². The third-order valence-corrected chi connectivity index (χ3v) is 5.62. The van der Waals surface area contributed by atoms with Crippen LogP contribution in [0.25, 0.3) is 0 Å². The Labute approximate surface area is 183 Å². The maximum Gasteiger partial charge on any atom is 0.331 e. The molecule has 0 radical (unpaired) electrons.